The zero-order valence-corrected chi connectivity index (χ0v) is 14.1. The zero-order chi connectivity index (χ0) is 19.3. The normalized spacial score (nSPS) is 11.0. The van der Waals surface area contributed by atoms with Gasteiger partial charge in [-0.25, -0.2) is 0 Å². The predicted octanol–water partition coefficient (Wildman–Crippen LogP) is 3.16. The second-order valence-corrected chi connectivity index (χ2v) is 5.69. The van der Waals surface area contributed by atoms with Crippen LogP contribution in [0.15, 0.2) is 42.5 Å². The Morgan fingerprint density at radius 3 is 2.08 bits per heavy atom. The highest BCUT2D eigenvalue weighted by Crippen LogP contribution is 2.29. The van der Waals surface area contributed by atoms with Gasteiger partial charge in [-0.3, -0.25) is 20.4 Å². The van der Waals surface area contributed by atoms with E-state index in [1.165, 1.54) is 0 Å². The standard InChI is InChI=1S/C18H17F3N2O3/c1-11-7-12(2)9-15(8-11)26-10-16(24)22-23-17(25)13-3-5-14(6-4-13)18(19,20)21/h3-9H,10H2,1-2H3,(H,22,24)(H,23,25). The van der Waals surface area contributed by atoms with E-state index in [1.807, 2.05) is 19.9 Å². The molecule has 0 saturated heterocycles. The lowest BCUT2D eigenvalue weighted by Gasteiger charge is -2.10. The fraction of sp³-hybridized carbons (Fsp3) is 0.222. The quantitative estimate of drug-likeness (QED) is 0.817. The first-order chi connectivity index (χ1) is 12.1. The summed E-state index contributed by atoms with van der Waals surface area (Å²) in [6.45, 7) is 3.46. The summed E-state index contributed by atoms with van der Waals surface area (Å²) in [7, 11) is 0. The Labute approximate surface area is 148 Å². The second-order valence-electron chi connectivity index (χ2n) is 5.69. The van der Waals surface area contributed by atoms with Crippen molar-refractivity contribution in [3.63, 3.8) is 0 Å². The van der Waals surface area contributed by atoms with E-state index in [-0.39, 0.29) is 12.2 Å². The van der Waals surface area contributed by atoms with Gasteiger partial charge in [0.25, 0.3) is 11.8 Å². The van der Waals surface area contributed by atoms with Gasteiger partial charge in [0, 0.05) is 5.56 Å². The second kappa shape index (κ2) is 7.90. The van der Waals surface area contributed by atoms with E-state index >= 15 is 0 Å². The molecule has 0 saturated carbocycles. The maximum atomic E-state index is 12.5. The van der Waals surface area contributed by atoms with Gasteiger partial charge in [-0.15, -0.1) is 0 Å². The van der Waals surface area contributed by atoms with Crippen molar-refractivity contribution in [2.45, 2.75) is 20.0 Å². The highest BCUT2D eigenvalue weighted by atomic mass is 19.4. The van der Waals surface area contributed by atoms with Crippen molar-refractivity contribution in [2.24, 2.45) is 0 Å². The Morgan fingerprint density at radius 2 is 1.54 bits per heavy atom. The van der Waals surface area contributed by atoms with Crippen LogP contribution in [-0.4, -0.2) is 18.4 Å². The molecule has 2 amide bonds. The van der Waals surface area contributed by atoms with Gasteiger partial charge in [0.1, 0.15) is 5.75 Å². The van der Waals surface area contributed by atoms with Gasteiger partial charge in [-0.1, -0.05) is 6.07 Å². The van der Waals surface area contributed by atoms with Crippen LogP contribution in [0.5, 0.6) is 5.75 Å². The highest BCUT2D eigenvalue weighted by Gasteiger charge is 2.30. The van der Waals surface area contributed by atoms with E-state index in [4.69, 9.17) is 4.74 Å². The van der Waals surface area contributed by atoms with Crippen molar-refractivity contribution in [2.75, 3.05) is 6.61 Å². The minimum atomic E-state index is -4.48. The SMILES string of the molecule is Cc1cc(C)cc(OCC(=O)NNC(=O)c2ccc(C(F)(F)F)cc2)c1. The average Bonchev–Trinajstić information content (AvgIpc) is 2.56. The van der Waals surface area contributed by atoms with Crippen molar-refractivity contribution in [3.8, 4) is 5.75 Å². The van der Waals surface area contributed by atoms with E-state index in [2.05, 4.69) is 10.9 Å². The molecule has 0 bridgehead atoms. The number of ether oxygens (including phenoxy) is 1. The minimum Gasteiger partial charge on any atom is -0.484 e. The lowest BCUT2D eigenvalue weighted by atomic mass is 10.1. The molecule has 26 heavy (non-hydrogen) atoms. The first kappa shape index (κ1) is 19.3. The third-order valence-electron chi connectivity index (χ3n) is 3.35. The molecule has 5 nitrogen and oxygen atoms in total. The van der Waals surface area contributed by atoms with Gasteiger partial charge in [0.15, 0.2) is 6.61 Å². The Hall–Kier alpha value is -3.03. The van der Waals surface area contributed by atoms with Crippen molar-refractivity contribution in [3.05, 3.63) is 64.7 Å². The topological polar surface area (TPSA) is 67.4 Å². The lowest BCUT2D eigenvalue weighted by Crippen LogP contribution is -2.43. The monoisotopic (exact) mass is 366 g/mol. The summed E-state index contributed by atoms with van der Waals surface area (Å²) in [4.78, 5) is 23.5. The fourth-order valence-electron chi connectivity index (χ4n) is 2.21. The number of halogens is 3. The number of hydrazine groups is 1. The fourth-order valence-corrected chi connectivity index (χ4v) is 2.21. The molecule has 0 heterocycles. The van der Waals surface area contributed by atoms with Gasteiger partial charge < -0.3 is 4.74 Å². The molecule has 0 aliphatic carbocycles. The molecule has 138 valence electrons. The first-order valence-electron chi connectivity index (χ1n) is 7.62. The third-order valence-corrected chi connectivity index (χ3v) is 3.35. The predicted molar refractivity (Wildman–Crippen MR) is 88.5 cm³/mol. The molecule has 0 aliphatic heterocycles. The third kappa shape index (κ3) is 5.51. The molecular weight excluding hydrogens is 349 g/mol. The van der Waals surface area contributed by atoms with Crippen molar-refractivity contribution in [1.82, 2.24) is 10.9 Å². The van der Waals surface area contributed by atoms with Gasteiger partial charge >= 0.3 is 6.18 Å². The number of hydrogen-bond donors (Lipinski definition) is 2. The number of nitrogens with one attached hydrogen (secondary N) is 2. The molecule has 2 N–H and O–H groups in total. The van der Waals surface area contributed by atoms with Crippen LogP contribution >= 0.6 is 0 Å². The molecule has 2 rings (SSSR count). The van der Waals surface area contributed by atoms with Crippen LogP contribution < -0.4 is 15.6 Å². The van der Waals surface area contributed by atoms with Crippen molar-refractivity contribution >= 4 is 11.8 Å². The van der Waals surface area contributed by atoms with Crippen LogP contribution in [0.3, 0.4) is 0 Å². The summed E-state index contributed by atoms with van der Waals surface area (Å²) < 4.78 is 42.8. The maximum absolute atomic E-state index is 12.5. The van der Waals surface area contributed by atoms with Crippen LogP contribution in [0.25, 0.3) is 0 Å². The molecule has 0 atom stereocenters. The molecule has 0 radical (unpaired) electrons. The van der Waals surface area contributed by atoms with Crippen LogP contribution in [0, 0.1) is 13.8 Å². The van der Waals surface area contributed by atoms with Crippen LogP contribution in [0.4, 0.5) is 13.2 Å². The highest BCUT2D eigenvalue weighted by molar-refractivity contribution is 5.95. The van der Waals surface area contributed by atoms with Crippen LogP contribution in [-0.2, 0) is 11.0 Å². The van der Waals surface area contributed by atoms with Gasteiger partial charge in [0.05, 0.1) is 5.56 Å². The number of benzene rings is 2. The van der Waals surface area contributed by atoms with Crippen molar-refractivity contribution in [1.29, 1.82) is 0 Å². The van der Waals surface area contributed by atoms with E-state index in [0.717, 1.165) is 35.4 Å². The number of carbonyl (C=O) groups excluding carboxylic acids is 2. The lowest BCUT2D eigenvalue weighted by molar-refractivity contribution is -0.137. The molecule has 0 fully saturated rings. The Kier molecular flexibility index (Phi) is 5.86. The average molecular weight is 366 g/mol. The molecular formula is C18H17F3N2O3. The minimum absolute atomic E-state index is 0.0199. The largest absolute Gasteiger partial charge is 0.484 e. The number of alkyl halides is 3. The van der Waals surface area contributed by atoms with E-state index in [1.54, 1.807) is 12.1 Å². The number of hydrogen-bond acceptors (Lipinski definition) is 3. The molecule has 0 aromatic heterocycles. The number of rotatable bonds is 4. The van der Waals surface area contributed by atoms with Gasteiger partial charge in [-0.2, -0.15) is 13.2 Å². The Morgan fingerprint density at radius 1 is 0.962 bits per heavy atom. The Balaban J connectivity index is 1.84. The van der Waals surface area contributed by atoms with Crippen LogP contribution in [0.2, 0.25) is 0 Å². The maximum Gasteiger partial charge on any atom is 0.416 e. The van der Waals surface area contributed by atoms with E-state index < -0.39 is 23.6 Å². The summed E-state index contributed by atoms with van der Waals surface area (Å²) in [5, 5.41) is 0. The molecule has 0 unspecified atom stereocenters. The van der Waals surface area contributed by atoms with E-state index in [9.17, 15) is 22.8 Å². The summed E-state index contributed by atoms with van der Waals surface area (Å²) in [6, 6.07) is 9.12. The summed E-state index contributed by atoms with van der Waals surface area (Å²) in [5.74, 6) is -0.824. The van der Waals surface area contributed by atoms with Gasteiger partial charge in [0.2, 0.25) is 0 Å². The number of carbonyl (C=O) groups is 2. The molecule has 0 spiro atoms. The Bertz CT molecular complexity index is 782. The molecule has 8 heteroatoms. The number of amides is 2. The molecule has 2 aromatic carbocycles. The van der Waals surface area contributed by atoms with Gasteiger partial charge in [-0.05, 0) is 61.4 Å². The van der Waals surface area contributed by atoms with Crippen molar-refractivity contribution < 1.29 is 27.5 Å². The smallest absolute Gasteiger partial charge is 0.416 e. The first-order valence-corrected chi connectivity index (χ1v) is 7.62. The number of aryl methyl sites for hydroxylation is 2. The zero-order valence-electron chi connectivity index (χ0n) is 14.1. The molecule has 2 aromatic rings. The summed E-state index contributed by atoms with van der Waals surface area (Å²) >= 11 is 0. The summed E-state index contributed by atoms with van der Waals surface area (Å²) in [5.41, 5.74) is 5.34. The summed E-state index contributed by atoms with van der Waals surface area (Å²) in [6.07, 6.45) is -4.48. The molecule has 0 aliphatic rings. The van der Waals surface area contributed by atoms with Crippen LogP contribution in [0.1, 0.15) is 27.0 Å². The van der Waals surface area contributed by atoms with E-state index in [0.29, 0.717) is 5.75 Å².